The zero-order valence-corrected chi connectivity index (χ0v) is 13.9. The van der Waals surface area contributed by atoms with Crippen LogP contribution in [0.5, 0.6) is 0 Å². The third-order valence-electron chi connectivity index (χ3n) is 3.73. The molecule has 0 spiro atoms. The van der Waals surface area contributed by atoms with E-state index in [0.717, 1.165) is 23.3 Å². The van der Waals surface area contributed by atoms with Gasteiger partial charge in [-0.15, -0.1) is 0 Å². The number of hydrogen-bond acceptors (Lipinski definition) is 6. The minimum atomic E-state index is -3.43. The second-order valence-electron chi connectivity index (χ2n) is 5.52. The van der Waals surface area contributed by atoms with Crippen LogP contribution in [0.4, 0.5) is 5.82 Å². The van der Waals surface area contributed by atoms with E-state index in [0.29, 0.717) is 25.6 Å². The molecule has 23 heavy (non-hydrogen) atoms. The molecule has 0 bridgehead atoms. The number of fused-ring (bicyclic) bond motifs is 1. The monoisotopic (exact) mass is 337 g/mol. The summed E-state index contributed by atoms with van der Waals surface area (Å²) in [6.45, 7) is 1.58. The molecule has 0 radical (unpaired) electrons. The molecular weight excluding hydrogens is 318 g/mol. The van der Waals surface area contributed by atoms with Crippen LogP contribution < -0.4 is 5.32 Å². The number of anilines is 1. The first kappa shape index (κ1) is 16.0. The van der Waals surface area contributed by atoms with Crippen molar-refractivity contribution in [3.05, 3.63) is 41.2 Å². The van der Waals surface area contributed by atoms with Gasteiger partial charge in [0.2, 0.25) is 10.0 Å². The summed E-state index contributed by atoms with van der Waals surface area (Å²) < 4.78 is 36.2. The van der Waals surface area contributed by atoms with Gasteiger partial charge in [0.15, 0.2) is 5.82 Å². The number of benzene rings is 1. The van der Waals surface area contributed by atoms with Crippen LogP contribution in [0.1, 0.15) is 16.9 Å². The molecule has 0 saturated heterocycles. The first-order chi connectivity index (χ1) is 11.0. The van der Waals surface area contributed by atoms with Crippen molar-refractivity contribution in [2.75, 3.05) is 26.0 Å². The fourth-order valence-corrected chi connectivity index (χ4v) is 3.35. The molecule has 7 nitrogen and oxygen atoms in total. The lowest BCUT2D eigenvalue weighted by molar-refractivity contribution is 0.103. The number of sulfonamides is 1. The molecule has 2 aromatic rings. The van der Waals surface area contributed by atoms with Crippen LogP contribution in [0.15, 0.2) is 33.7 Å². The zero-order valence-electron chi connectivity index (χ0n) is 13.1. The zero-order chi connectivity index (χ0) is 16.4. The van der Waals surface area contributed by atoms with Crippen molar-refractivity contribution in [2.45, 2.75) is 24.5 Å². The Hall–Kier alpha value is -1.90. The van der Waals surface area contributed by atoms with E-state index in [1.807, 2.05) is 6.07 Å². The molecule has 2 heterocycles. The van der Waals surface area contributed by atoms with Crippen molar-refractivity contribution in [2.24, 2.45) is 0 Å². The highest BCUT2D eigenvalue weighted by Gasteiger charge is 2.20. The average molecular weight is 337 g/mol. The van der Waals surface area contributed by atoms with Gasteiger partial charge in [-0.05, 0) is 17.7 Å². The Bertz CT molecular complexity index is 799. The number of aromatic nitrogens is 1. The molecule has 1 aliphatic rings. The van der Waals surface area contributed by atoms with Gasteiger partial charge in [0.05, 0.1) is 23.7 Å². The normalized spacial score (nSPS) is 14.7. The second-order valence-corrected chi connectivity index (χ2v) is 7.68. The summed E-state index contributed by atoms with van der Waals surface area (Å²) in [5, 5.41) is 7.20. The van der Waals surface area contributed by atoms with Gasteiger partial charge >= 0.3 is 0 Å². The summed E-state index contributed by atoms with van der Waals surface area (Å²) in [6.07, 6.45) is 0.723. The molecule has 0 atom stereocenters. The van der Waals surface area contributed by atoms with Crippen LogP contribution in [0.2, 0.25) is 0 Å². The van der Waals surface area contributed by atoms with E-state index in [1.165, 1.54) is 18.4 Å². The molecule has 1 aromatic carbocycles. The minimum Gasteiger partial charge on any atom is -0.376 e. The van der Waals surface area contributed by atoms with Crippen LogP contribution in [0.25, 0.3) is 0 Å². The lowest BCUT2D eigenvalue weighted by Gasteiger charge is -2.13. The lowest BCUT2D eigenvalue weighted by Crippen LogP contribution is -2.22. The van der Waals surface area contributed by atoms with Gasteiger partial charge in [-0.1, -0.05) is 17.3 Å². The highest BCUT2D eigenvalue weighted by atomic mass is 32.2. The number of nitrogens with one attached hydrogen (secondary N) is 1. The number of rotatable bonds is 5. The quantitative estimate of drug-likeness (QED) is 0.892. The fraction of sp³-hybridized carbons (Fsp3) is 0.400. The van der Waals surface area contributed by atoms with Gasteiger partial charge in [0, 0.05) is 27.1 Å². The molecule has 0 aliphatic carbocycles. The average Bonchev–Trinajstić information content (AvgIpc) is 2.96. The highest BCUT2D eigenvalue weighted by Crippen LogP contribution is 2.25. The SMILES string of the molecule is CN(C)S(=O)(=O)c1cccc(CNc2noc3c2COCC3)c1. The molecule has 0 saturated carbocycles. The topological polar surface area (TPSA) is 84.7 Å². The van der Waals surface area contributed by atoms with Crippen molar-refractivity contribution < 1.29 is 17.7 Å². The van der Waals surface area contributed by atoms with Crippen LogP contribution >= 0.6 is 0 Å². The smallest absolute Gasteiger partial charge is 0.242 e. The van der Waals surface area contributed by atoms with Gasteiger partial charge in [-0.3, -0.25) is 0 Å². The van der Waals surface area contributed by atoms with E-state index in [-0.39, 0.29) is 4.90 Å². The Morgan fingerprint density at radius 3 is 2.96 bits per heavy atom. The summed E-state index contributed by atoms with van der Waals surface area (Å²) in [5.74, 6) is 1.50. The molecule has 0 fully saturated rings. The molecule has 1 aromatic heterocycles. The fourth-order valence-electron chi connectivity index (χ4n) is 2.38. The maximum Gasteiger partial charge on any atom is 0.242 e. The largest absolute Gasteiger partial charge is 0.376 e. The van der Waals surface area contributed by atoms with Crippen molar-refractivity contribution in [1.82, 2.24) is 9.46 Å². The molecule has 3 rings (SSSR count). The summed E-state index contributed by atoms with van der Waals surface area (Å²) in [7, 11) is -0.403. The first-order valence-electron chi connectivity index (χ1n) is 7.29. The van der Waals surface area contributed by atoms with Gasteiger partial charge in [0.25, 0.3) is 0 Å². The Kier molecular flexibility index (Phi) is 4.38. The maximum absolute atomic E-state index is 12.2. The first-order valence-corrected chi connectivity index (χ1v) is 8.73. The molecule has 8 heteroatoms. The van der Waals surface area contributed by atoms with E-state index in [4.69, 9.17) is 9.26 Å². The van der Waals surface area contributed by atoms with E-state index in [2.05, 4.69) is 10.5 Å². The van der Waals surface area contributed by atoms with Crippen LogP contribution in [0, 0.1) is 0 Å². The van der Waals surface area contributed by atoms with Gasteiger partial charge in [-0.2, -0.15) is 0 Å². The summed E-state index contributed by atoms with van der Waals surface area (Å²) in [4.78, 5) is 0.271. The predicted molar refractivity (Wildman–Crippen MR) is 84.5 cm³/mol. The lowest BCUT2D eigenvalue weighted by atomic mass is 10.1. The molecule has 0 amide bonds. The van der Waals surface area contributed by atoms with E-state index in [9.17, 15) is 8.42 Å². The summed E-state index contributed by atoms with van der Waals surface area (Å²) >= 11 is 0. The Morgan fingerprint density at radius 1 is 1.35 bits per heavy atom. The van der Waals surface area contributed by atoms with Crippen LogP contribution in [0.3, 0.4) is 0 Å². The number of hydrogen-bond donors (Lipinski definition) is 1. The third-order valence-corrected chi connectivity index (χ3v) is 5.54. The Balaban J connectivity index is 1.76. The molecule has 1 N–H and O–H groups in total. The van der Waals surface area contributed by atoms with Crippen LogP contribution in [-0.4, -0.2) is 38.6 Å². The van der Waals surface area contributed by atoms with Gasteiger partial charge in [0.1, 0.15) is 5.76 Å². The molecule has 1 aliphatic heterocycles. The number of ether oxygens (including phenoxy) is 1. The van der Waals surface area contributed by atoms with Crippen LogP contribution in [-0.2, 0) is 34.3 Å². The van der Waals surface area contributed by atoms with Gasteiger partial charge in [-0.25, -0.2) is 12.7 Å². The third kappa shape index (κ3) is 3.24. The molecular formula is C15H19N3O4S. The Labute approximate surface area is 135 Å². The van der Waals surface area contributed by atoms with Crippen molar-refractivity contribution in [3.8, 4) is 0 Å². The van der Waals surface area contributed by atoms with Crippen molar-refractivity contribution in [3.63, 3.8) is 0 Å². The van der Waals surface area contributed by atoms with E-state index in [1.54, 1.807) is 18.2 Å². The van der Waals surface area contributed by atoms with Crippen molar-refractivity contribution in [1.29, 1.82) is 0 Å². The van der Waals surface area contributed by atoms with E-state index < -0.39 is 10.0 Å². The summed E-state index contributed by atoms with van der Waals surface area (Å²) in [5.41, 5.74) is 1.79. The maximum atomic E-state index is 12.2. The summed E-state index contributed by atoms with van der Waals surface area (Å²) in [6, 6.07) is 6.84. The molecule has 0 unspecified atom stereocenters. The molecule has 124 valence electrons. The predicted octanol–water partition coefficient (Wildman–Crippen LogP) is 1.61. The number of nitrogens with zero attached hydrogens (tertiary/aromatic N) is 2. The standard InChI is InChI=1S/C15H19N3O4S/c1-18(2)23(19,20)12-5-3-4-11(8-12)9-16-15-13-10-21-7-6-14(13)22-17-15/h3-5,8H,6-7,9-10H2,1-2H3,(H,16,17). The van der Waals surface area contributed by atoms with Gasteiger partial charge < -0.3 is 14.6 Å². The highest BCUT2D eigenvalue weighted by molar-refractivity contribution is 7.89. The minimum absolute atomic E-state index is 0.271. The Morgan fingerprint density at radius 2 is 2.17 bits per heavy atom. The second kappa shape index (κ2) is 6.31. The van der Waals surface area contributed by atoms with Crippen molar-refractivity contribution >= 4 is 15.8 Å². The van der Waals surface area contributed by atoms with E-state index >= 15 is 0 Å².